The van der Waals surface area contributed by atoms with Gasteiger partial charge in [0.05, 0.1) is 18.5 Å². The van der Waals surface area contributed by atoms with Gasteiger partial charge in [-0.15, -0.1) is 0 Å². The molecule has 6 nitrogen and oxygen atoms in total. The Balaban J connectivity index is 1.97. The van der Waals surface area contributed by atoms with E-state index in [0.717, 1.165) is 18.8 Å². The topological polar surface area (TPSA) is 59.4 Å². The van der Waals surface area contributed by atoms with Crippen molar-refractivity contribution in [2.24, 2.45) is 7.05 Å². The van der Waals surface area contributed by atoms with Crippen LogP contribution in [0.4, 0.5) is 0 Å². The number of carbonyl (C=O) groups is 1. The summed E-state index contributed by atoms with van der Waals surface area (Å²) in [5.41, 5.74) is 1.48. The van der Waals surface area contributed by atoms with Crippen molar-refractivity contribution in [1.29, 1.82) is 0 Å². The Morgan fingerprint density at radius 2 is 2.38 bits per heavy atom. The lowest BCUT2D eigenvalue weighted by Gasteiger charge is -2.28. The number of aromatic nitrogens is 2. The molecule has 1 saturated heterocycles. The number of esters is 1. The predicted molar refractivity (Wildman–Crippen MR) is 81.1 cm³/mol. The van der Waals surface area contributed by atoms with Gasteiger partial charge in [-0.05, 0) is 33.4 Å². The van der Waals surface area contributed by atoms with Crippen molar-refractivity contribution in [2.45, 2.75) is 38.8 Å². The molecule has 0 radical (unpaired) electrons. The Kier molecular flexibility index (Phi) is 5.76. The third-order valence-corrected chi connectivity index (χ3v) is 3.92. The lowest BCUT2D eigenvalue weighted by Crippen LogP contribution is -2.42. The monoisotopic (exact) mass is 294 g/mol. The molecule has 21 heavy (non-hydrogen) atoms. The summed E-state index contributed by atoms with van der Waals surface area (Å²) in [5, 5.41) is 7.74. The highest BCUT2D eigenvalue weighted by molar-refractivity contribution is 5.90. The molecule has 0 bridgehead atoms. The summed E-state index contributed by atoms with van der Waals surface area (Å²) in [7, 11) is 3.95. The summed E-state index contributed by atoms with van der Waals surface area (Å²) in [6.45, 7) is 4.98. The van der Waals surface area contributed by atoms with Gasteiger partial charge in [-0.2, -0.15) is 5.10 Å². The zero-order valence-electron chi connectivity index (χ0n) is 13.3. The number of nitrogens with zero attached hydrogens (tertiary/aromatic N) is 3. The molecule has 2 heterocycles. The van der Waals surface area contributed by atoms with E-state index >= 15 is 0 Å². The van der Waals surface area contributed by atoms with Crippen LogP contribution in [0.5, 0.6) is 0 Å². The number of hydrogen-bond acceptors (Lipinski definition) is 5. The van der Waals surface area contributed by atoms with E-state index in [4.69, 9.17) is 4.74 Å². The smallest absolute Gasteiger partial charge is 0.341 e. The first-order valence-electron chi connectivity index (χ1n) is 7.71. The molecule has 0 aromatic carbocycles. The van der Waals surface area contributed by atoms with E-state index in [-0.39, 0.29) is 5.97 Å². The Morgan fingerprint density at radius 1 is 1.57 bits per heavy atom. The molecule has 0 spiro atoms. The molecule has 1 unspecified atom stereocenters. The second-order valence-corrected chi connectivity index (χ2v) is 5.69. The highest BCUT2D eigenvalue weighted by Crippen LogP contribution is 2.14. The highest BCUT2D eigenvalue weighted by Gasteiger charge is 2.20. The number of aryl methyl sites for hydroxylation is 1. The van der Waals surface area contributed by atoms with Gasteiger partial charge in [0.15, 0.2) is 0 Å². The molecule has 6 heteroatoms. The fourth-order valence-electron chi connectivity index (χ4n) is 2.81. The lowest BCUT2D eigenvalue weighted by molar-refractivity contribution is 0.0524. The number of rotatable bonds is 6. The van der Waals surface area contributed by atoms with Gasteiger partial charge in [0, 0.05) is 26.2 Å². The summed E-state index contributed by atoms with van der Waals surface area (Å²) in [5.74, 6) is -0.287. The summed E-state index contributed by atoms with van der Waals surface area (Å²) < 4.78 is 6.85. The van der Waals surface area contributed by atoms with Crippen LogP contribution in [0.1, 0.15) is 42.2 Å². The molecule has 0 aliphatic carbocycles. The van der Waals surface area contributed by atoms with Gasteiger partial charge in [-0.1, -0.05) is 6.42 Å². The fraction of sp³-hybridized carbons (Fsp3) is 0.733. The number of hydrogen-bond donors (Lipinski definition) is 1. The molecular weight excluding hydrogens is 268 g/mol. The molecule has 1 aromatic heterocycles. The third-order valence-electron chi connectivity index (χ3n) is 3.92. The SMILES string of the molecule is CCOC(=O)c1cnn(C)c1CN(C)CC1CCCCN1. The van der Waals surface area contributed by atoms with Crippen molar-refractivity contribution in [3.63, 3.8) is 0 Å². The molecule has 1 aliphatic heterocycles. The third kappa shape index (κ3) is 4.28. The molecule has 1 aliphatic rings. The standard InChI is InChI=1S/C15H26N4O2/c1-4-21-15(20)13-9-17-19(3)14(13)11-18(2)10-12-7-5-6-8-16-12/h9,12,16H,4-8,10-11H2,1-3H3. The first-order valence-corrected chi connectivity index (χ1v) is 7.71. The van der Waals surface area contributed by atoms with Crippen molar-refractivity contribution in [1.82, 2.24) is 20.0 Å². The molecule has 1 N–H and O–H groups in total. The van der Waals surface area contributed by atoms with Gasteiger partial charge in [-0.3, -0.25) is 9.58 Å². The highest BCUT2D eigenvalue weighted by atomic mass is 16.5. The Morgan fingerprint density at radius 3 is 3.05 bits per heavy atom. The van der Waals surface area contributed by atoms with Gasteiger partial charge in [-0.25, -0.2) is 4.79 Å². The largest absolute Gasteiger partial charge is 0.462 e. The quantitative estimate of drug-likeness (QED) is 0.798. The van der Waals surface area contributed by atoms with Crippen molar-refractivity contribution in [3.05, 3.63) is 17.5 Å². The maximum Gasteiger partial charge on any atom is 0.341 e. The first kappa shape index (κ1) is 16.0. The van der Waals surface area contributed by atoms with E-state index in [2.05, 4.69) is 22.4 Å². The molecular formula is C15H26N4O2. The average molecular weight is 294 g/mol. The van der Waals surface area contributed by atoms with Crippen LogP contribution in [-0.4, -0.2) is 53.4 Å². The summed E-state index contributed by atoms with van der Waals surface area (Å²) in [6, 6.07) is 0.544. The average Bonchev–Trinajstić information content (AvgIpc) is 2.81. The minimum Gasteiger partial charge on any atom is -0.462 e. The summed E-state index contributed by atoms with van der Waals surface area (Å²) in [4.78, 5) is 14.2. The number of ether oxygens (including phenoxy) is 1. The molecule has 1 aromatic rings. The minimum absolute atomic E-state index is 0.287. The molecule has 0 amide bonds. The van der Waals surface area contributed by atoms with E-state index in [1.165, 1.54) is 19.3 Å². The Hall–Kier alpha value is -1.40. The maximum atomic E-state index is 11.9. The number of carbonyl (C=O) groups excluding carboxylic acids is 1. The van der Waals surface area contributed by atoms with E-state index in [1.807, 2.05) is 14.0 Å². The minimum atomic E-state index is -0.287. The van der Waals surface area contributed by atoms with Crippen LogP contribution in [0.3, 0.4) is 0 Å². The number of piperidine rings is 1. The van der Waals surface area contributed by atoms with Crippen LogP contribution < -0.4 is 5.32 Å². The zero-order chi connectivity index (χ0) is 15.2. The van der Waals surface area contributed by atoms with Crippen molar-refractivity contribution < 1.29 is 9.53 Å². The predicted octanol–water partition coefficient (Wildman–Crippen LogP) is 1.17. The van der Waals surface area contributed by atoms with Gasteiger partial charge in [0.1, 0.15) is 5.56 Å². The van der Waals surface area contributed by atoms with Crippen molar-refractivity contribution >= 4 is 5.97 Å². The van der Waals surface area contributed by atoms with E-state index in [0.29, 0.717) is 24.8 Å². The van der Waals surface area contributed by atoms with Gasteiger partial charge in [0.2, 0.25) is 0 Å². The number of nitrogens with one attached hydrogen (secondary N) is 1. The van der Waals surface area contributed by atoms with Crippen molar-refractivity contribution in [2.75, 3.05) is 26.7 Å². The van der Waals surface area contributed by atoms with E-state index < -0.39 is 0 Å². The molecule has 2 rings (SSSR count). The van der Waals surface area contributed by atoms with Crippen LogP contribution in [0.25, 0.3) is 0 Å². The van der Waals surface area contributed by atoms with Gasteiger partial charge in [0.25, 0.3) is 0 Å². The zero-order valence-corrected chi connectivity index (χ0v) is 13.3. The van der Waals surface area contributed by atoms with Gasteiger partial charge < -0.3 is 10.1 Å². The Bertz CT molecular complexity index is 466. The second-order valence-electron chi connectivity index (χ2n) is 5.69. The van der Waals surface area contributed by atoms with E-state index in [9.17, 15) is 4.79 Å². The van der Waals surface area contributed by atoms with Crippen LogP contribution in [0.15, 0.2) is 6.20 Å². The summed E-state index contributed by atoms with van der Waals surface area (Å²) >= 11 is 0. The molecule has 0 saturated carbocycles. The van der Waals surface area contributed by atoms with E-state index in [1.54, 1.807) is 10.9 Å². The van der Waals surface area contributed by atoms with Crippen LogP contribution in [-0.2, 0) is 18.3 Å². The van der Waals surface area contributed by atoms with Crippen molar-refractivity contribution in [3.8, 4) is 0 Å². The normalized spacial score (nSPS) is 19.0. The molecule has 118 valence electrons. The fourth-order valence-corrected chi connectivity index (χ4v) is 2.81. The lowest BCUT2D eigenvalue weighted by atomic mass is 10.0. The first-order chi connectivity index (χ1) is 10.1. The second kappa shape index (κ2) is 7.56. The van der Waals surface area contributed by atoms with Crippen LogP contribution in [0, 0.1) is 0 Å². The van der Waals surface area contributed by atoms with Crippen LogP contribution >= 0.6 is 0 Å². The molecule has 1 fully saturated rings. The maximum absolute atomic E-state index is 11.9. The van der Waals surface area contributed by atoms with Gasteiger partial charge >= 0.3 is 5.97 Å². The number of likely N-dealkylation sites (N-methyl/N-ethyl adjacent to an activating group) is 1. The summed E-state index contributed by atoms with van der Waals surface area (Å²) in [6.07, 6.45) is 5.39. The van der Waals surface area contributed by atoms with Crippen LogP contribution in [0.2, 0.25) is 0 Å². The molecule has 1 atom stereocenters. The Labute approximate surface area is 126 Å².